The second kappa shape index (κ2) is 26.9. The van der Waals surface area contributed by atoms with Crippen LogP contribution >= 0.6 is 0 Å². The summed E-state index contributed by atoms with van der Waals surface area (Å²) in [6, 6.07) is 75.5. The van der Waals surface area contributed by atoms with Crippen LogP contribution in [0.2, 0.25) is 0 Å². The van der Waals surface area contributed by atoms with E-state index in [0.29, 0.717) is 46.0 Å². The van der Waals surface area contributed by atoms with Crippen molar-refractivity contribution in [3.05, 3.63) is 287 Å². The van der Waals surface area contributed by atoms with E-state index in [-0.39, 0.29) is 22.3 Å². The highest BCUT2D eigenvalue weighted by Crippen LogP contribution is 2.56. The standard InChI is InChI=1S/C25H20N2.C15H15F3N2.C13H12N2O.C12H12N2.C6H14N2/c26-19-13-9-17(10-14-19)25(18-11-15-20(27)16-12-18)23-7-3-1-5-21(23)22-6-2-4-8-24(22)25;1-14(15(16,17)18,10-2-6-12(19)7-3-10)11-4-8-13(20)9-5-11;14-11-5-1-9(2-6-11)13(16)10-3-7-12(15)8-4-10;13-11-5-1-9(2-6-11)10-3-7-12(14)8-4-10;7-5-1-2-6(8)4-3-5/h1-16H,26-27H2;2-9H,19-20H2,1H3;1-8H,14-15H2;1-8H,13-14H2;5-6H,1-4,7-8H2. The largest absolute Gasteiger partial charge is 0.402 e. The van der Waals surface area contributed by atoms with E-state index >= 15 is 0 Å². The van der Waals surface area contributed by atoms with Gasteiger partial charge in [-0.3, -0.25) is 4.79 Å². The molecule has 0 aromatic heterocycles. The number of nitrogens with two attached hydrogens (primary N) is 10. The van der Waals surface area contributed by atoms with Gasteiger partial charge in [0.2, 0.25) is 0 Å². The Bertz CT molecular complexity index is 3520. The molecule has 0 atom stereocenters. The molecule has 2 aliphatic carbocycles. The summed E-state index contributed by atoms with van der Waals surface area (Å²) in [5.74, 6) is -0.0278. The molecule has 12 rings (SSSR count). The van der Waals surface area contributed by atoms with Gasteiger partial charge >= 0.3 is 6.18 Å². The van der Waals surface area contributed by atoms with E-state index in [2.05, 4.69) is 72.8 Å². The summed E-state index contributed by atoms with van der Waals surface area (Å²) in [7, 11) is 0. The van der Waals surface area contributed by atoms with E-state index in [4.69, 9.17) is 57.3 Å². The molecule has 11 nitrogen and oxygen atoms in total. The Morgan fingerprint density at radius 3 is 0.894 bits per heavy atom. The molecule has 20 N–H and O–H groups in total. The normalized spacial score (nSPS) is 14.6. The number of anilines is 8. The van der Waals surface area contributed by atoms with Crippen molar-refractivity contribution in [2.24, 2.45) is 11.5 Å². The summed E-state index contributed by atoms with van der Waals surface area (Å²) < 4.78 is 40.8. The molecule has 0 saturated heterocycles. The van der Waals surface area contributed by atoms with Crippen LogP contribution in [-0.2, 0) is 10.8 Å². The molecule has 1 saturated carbocycles. The third-order valence-corrected chi connectivity index (χ3v) is 15.5. The summed E-state index contributed by atoms with van der Waals surface area (Å²) >= 11 is 0. The monoisotopic (exact) mass is 1140 g/mol. The Morgan fingerprint density at radius 1 is 0.365 bits per heavy atom. The molecule has 434 valence electrons. The van der Waals surface area contributed by atoms with Crippen molar-refractivity contribution in [1.29, 1.82) is 0 Å². The molecular weight excluding hydrogens is 1070 g/mol. The molecule has 0 heterocycles. The smallest absolute Gasteiger partial charge is 0.399 e. The van der Waals surface area contributed by atoms with Crippen LogP contribution in [0.5, 0.6) is 0 Å². The highest BCUT2D eigenvalue weighted by molar-refractivity contribution is 6.09. The predicted molar refractivity (Wildman–Crippen MR) is 347 cm³/mol. The maximum atomic E-state index is 13.6. The van der Waals surface area contributed by atoms with Gasteiger partial charge in [0.1, 0.15) is 5.41 Å². The van der Waals surface area contributed by atoms with Crippen LogP contribution in [0.3, 0.4) is 0 Å². The third-order valence-electron chi connectivity index (χ3n) is 15.5. The number of fused-ring (bicyclic) bond motifs is 3. The minimum Gasteiger partial charge on any atom is -0.399 e. The molecule has 0 unspecified atom stereocenters. The Morgan fingerprint density at radius 2 is 0.612 bits per heavy atom. The van der Waals surface area contributed by atoms with Crippen LogP contribution in [0.15, 0.2) is 243 Å². The quantitative estimate of drug-likeness (QED) is 0.0529. The van der Waals surface area contributed by atoms with Crippen molar-refractivity contribution in [2.45, 2.75) is 61.7 Å². The van der Waals surface area contributed by atoms with Crippen molar-refractivity contribution in [2.75, 3.05) is 45.9 Å². The maximum Gasteiger partial charge on any atom is 0.402 e. The van der Waals surface area contributed by atoms with Gasteiger partial charge in [0.25, 0.3) is 0 Å². The topological polar surface area (TPSA) is 277 Å². The summed E-state index contributed by atoms with van der Waals surface area (Å²) in [6.45, 7) is 1.16. The molecular formula is C71H73F3N10O. The lowest BCUT2D eigenvalue weighted by Crippen LogP contribution is -2.40. The lowest BCUT2D eigenvalue weighted by atomic mass is 9.67. The first kappa shape index (κ1) is 61.1. The van der Waals surface area contributed by atoms with Gasteiger partial charge in [0, 0.05) is 68.7 Å². The van der Waals surface area contributed by atoms with Gasteiger partial charge in [-0.1, -0.05) is 121 Å². The number of nitrogen functional groups attached to an aromatic ring is 8. The first-order valence-electron chi connectivity index (χ1n) is 27.9. The Balaban J connectivity index is 0.000000145. The molecule has 0 bridgehead atoms. The van der Waals surface area contributed by atoms with Crippen LogP contribution in [0, 0.1) is 0 Å². The minimum atomic E-state index is -4.43. The van der Waals surface area contributed by atoms with Gasteiger partial charge < -0.3 is 57.3 Å². The van der Waals surface area contributed by atoms with E-state index in [0.717, 1.165) is 66.5 Å². The van der Waals surface area contributed by atoms with Gasteiger partial charge in [-0.15, -0.1) is 0 Å². The number of ketones is 1. The number of carbonyl (C=O) groups excluding carboxylic acids is 1. The molecule has 0 spiro atoms. The maximum absolute atomic E-state index is 13.6. The average Bonchev–Trinajstić information content (AvgIpc) is 1.61. The average molecular weight is 1140 g/mol. The second-order valence-corrected chi connectivity index (χ2v) is 21.4. The SMILES string of the molecule is CC(c1ccc(N)cc1)(c1ccc(N)cc1)C(F)(F)F.NC1CCC(N)CC1.Nc1ccc(-c2ccc(N)cc2)cc1.Nc1ccc(C(=O)c2ccc(N)cc2)cc1.Nc1ccc(C2(c3ccc(N)cc3)c3ccccc3-c3ccccc32)cc1. The van der Waals surface area contributed by atoms with Crippen molar-refractivity contribution < 1.29 is 18.0 Å². The van der Waals surface area contributed by atoms with Gasteiger partial charge in [-0.25, -0.2) is 0 Å². The number of alkyl halides is 3. The highest BCUT2D eigenvalue weighted by atomic mass is 19.4. The number of rotatable bonds is 7. The number of halogens is 3. The van der Waals surface area contributed by atoms with Gasteiger partial charge in [-0.2, -0.15) is 13.2 Å². The fourth-order valence-corrected chi connectivity index (χ4v) is 10.5. The summed E-state index contributed by atoms with van der Waals surface area (Å²) in [4.78, 5) is 12.0. The number of hydrogen-bond donors (Lipinski definition) is 10. The fraction of sp³-hybridized carbons (Fsp3) is 0.141. The zero-order valence-electron chi connectivity index (χ0n) is 47.4. The van der Waals surface area contributed by atoms with Crippen molar-refractivity contribution >= 4 is 51.3 Å². The molecule has 1 fully saturated rings. The first-order valence-corrected chi connectivity index (χ1v) is 27.9. The van der Waals surface area contributed by atoms with E-state index in [1.54, 1.807) is 48.5 Å². The van der Waals surface area contributed by atoms with Crippen molar-refractivity contribution in [3.63, 3.8) is 0 Å². The van der Waals surface area contributed by atoms with Crippen molar-refractivity contribution in [1.82, 2.24) is 0 Å². The van der Waals surface area contributed by atoms with Gasteiger partial charge in [-0.05, 0) is 210 Å². The Labute approximate surface area is 495 Å². The van der Waals surface area contributed by atoms with Crippen LogP contribution in [0.1, 0.15) is 81.9 Å². The molecule has 10 aromatic carbocycles. The van der Waals surface area contributed by atoms with E-state index < -0.39 is 11.6 Å². The molecule has 85 heavy (non-hydrogen) atoms. The van der Waals surface area contributed by atoms with Crippen molar-refractivity contribution in [3.8, 4) is 22.3 Å². The molecule has 10 aromatic rings. The van der Waals surface area contributed by atoms with Crippen LogP contribution in [0.25, 0.3) is 22.3 Å². The lowest BCUT2D eigenvalue weighted by molar-refractivity contribution is -0.173. The summed E-state index contributed by atoms with van der Waals surface area (Å²) in [5.41, 5.74) is 70.9. The lowest BCUT2D eigenvalue weighted by Gasteiger charge is -2.34. The number of benzene rings is 10. The third kappa shape index (κ3) is 14.4. The second-order valence-electron chi connectivity index (χ2n) is 21.4. The highest BCUT2D eigenvalue weighted by Gasteiger charge is 2.53. The molecule has 14 heteroatoms. The van der Waals surface area contributed by atoms with Crippen LogP contribution < -0.4 is 57.3 Å². The minimum absolute atomic E-state index is 0.0278. The predicted octanol–water partition coefficient (Wildman–Crippen LogP) is 13.7. The van der Waals surface area contributed by atoms with E-state index in [1.807, 2.05) is 72.8 Å². The number of carbonyl (C=O) groups is 1. The molecule has 0 aliphatic heterocycles. The Kier molecular flexibility index (Phi) is 19.3. The van der Waals surface area contributed by atoms with Crippen LogP contribution in [-0.4, -0.2) is 24.0 Å². The first-order chi connectivity index (χ1) is 40.7. The zero-order chi connectivity index (χ0) is 60.9. The summed E-state index contributed by atoms with van der Waals surface area (Å²) in [5, 5.41) is 0. The van der Waals surface area contributed by atoms with Crippen LogP contribution in [0.4, 0.5) is 58.7 Å². The molecule has 2 aliphatic rings. The summed E-state index contributed by atoms with van der Waals surface area (Å²) in [6.07, 6.45) is 0.0733. The van der Waals surface area contributed by atoms with E-state index in [1.165, 1.54) is 81.9 Å². The molecule has 0 radical (unpaired) electrons. The molecule has 0 amide bonds. The Hall–Kier alpha value is -10.0. The van der Waals surface area contributed by atoms with Gasteiger partial charge in [0.15, 0.2) is 5.78 Å². The fourth-order valence-electron chi connectivity index (χ4n) is 10.5. The van der Waals surface area contributed by atoms with E-state index in [9.17, 15) is 18.0 Å². The zero-order valence-corrected chi connectivity index (χ0v) is 47.4. The van der Waals surface area contributed by atoms with Gasteiger partial charge in [0.05, 0.1) is 5.41 Å². The number of hydrogen-bond acceptors (Lipinski definition) is 11.